The monoisotopic (exact) mass is 368 g/mol. The van der Waals surface area contributed by atoms with Crippen LogP contribution < -0.4 is 4.72 Å². The second-order valence-corrected chi connectivity index (χ2v) is 8.71. The van der Waals surface area contributed by atoms with Gasteiger partial charge in [-0.05, 0) is 57.9 Å². The number of hydrogen-bond acceptors (Lipinski definition) is 4. The Labute approximate surface area is 148 Å². The number of carbonyl (C=O) groups is 2. The lowest BCUT2D eigenvalue weighted by Gasteiger charge is -2.37. The number of nitrogens with zero attached hydrogens (tertiary/aromatic N) is 1. The number of carboxylic acids is 1. The van der Waals surface area contributed by atoms with E-state index in [0.29, 0.717) is 24.9 Å². The molecule has 2 N–H and O–H groups in total. The lowest BCUT2D eigenvalue weighted by atomic mass is 9.82. The molecule has 25 heavy (non-hydrogen) atoms. The van der Waals surface area contributed by atoms with Gasteiger partial charge in [0.2, 0.25) is 10.0 Å². The number of rotatable bonds is 5. The van der Waals surface area contributed by atoms with E-state index in [4.69, 9.17) is 0 Å². The molecule has 1 amide bonds. The van der Waals surface area contributed by atoms with E-state index in [2.05, 4.69) is 4.72 Å². The zero-order valence-electron chi connectivity index (χ0n) is 14.7. The molecule has 2 rings (SSSR count). The number of nitrogens with one attached hydrogen (secondary N) is 1. The first-order chi connectivity index (χ1) is 11.5. The molecule has 1 fully saturated rings. The Bertz CT molecular complexity index is 758. The van der Waals surface area contributed by atoms with E-state index < -0.39 is 21.4 Å². The Morgan fingerprint density at radius 3 is 2.36 bits per heavy atom. The summed E-state index contributed by atoms with van der Waals surface area (Å²) in [4.78, 5) is 25.6. The minimum absolute atomic E-state index is 0.0896. The van der Waals surface area contributed by atoms with E-state index in [1.807, 2.05) is 0 Å². The normalized spacial score (nSPS) is 21.4. The Hall–Kier alpha value is -1.93. The first-order valence-electron chi connectivity index (χ1n) is 8.20. The van der Waals surface area contributed by atoms with Crippen LogP contribution in [0.2, 0.25) is 0 Å². The number of amides is 1. The number of piperidine rings is 1. The van der Waals surface area contributed by atoms with Gasteiger partial charge >= 0.3 is 5.97 Å². The average Bonchev–Trinajstić information content (AvgIpc) is 2.53. The van der Waals surface area contributed by atoms with Gasteiger partial charge in [0.1, 0.15) is 0 Å². The van der Waals surface area contributed by atoms with Crippen molar-refractivity contribution in [1.29, 1.82) is 0 Å². The highest BCUT2D eigenvalue weighted by Gasteiger charge is 2.39. The summed E-state index contributed by atoms with van der Waals surface area (Å²) in [6.45, 7) is 5.74. The number of likely N-dealkylation sites (tertiary alicyclic amines) is 1. The molecule has 0 saturated carbocycles. The smallest absolute Gasteiger partial charge is 0.311 e. The van der Waals surface area contributed by atoms with Crippen LogP contribution >= 0.6 is 0 Å². The van der Waals surface area contributed by atoms with Gasteiger partial charge in [-0.15, -0.1) is 0 Å². The first-order valence-corrected chi connectivity index (χ1v) is 9.68. The Balaban J connectivity index is 2.17. The molecule has 1 saturated heterocycles. The SMILES string of the molecule is CC(C)NS(=O)(=O)c1ccc(C(=O)N2CCCC(C)(C(=O)O)C2)cc1. The van der Waals surface area contributed by atoms with Crippen LogP contribution in [0.25, 0.3) is 0 Å². The number of carbonyl (C=O) groups excluding carboxylic acids is 1. The fourth-order valence-electron chi connectivity index (χ4n) is 2.92. The largest absolute Gasteiger partial charge is 0.481 e. The quantitative estimate of drug-likeness (QED) is 0.823. The fourth-order valence-corrected chi connectivity index (χ4v) is 4.18. The van der Waals surface area contributed by atoms with Crippen LogP contribution in [-0.4, -0.2) is 49.4 Å². The first kappa shape index (κ1) is 19.4. The highest BCUT2D eigenvalue weighted by Crippen LogP contribution is 2.30. The van der Waals surface area contributed by atoms with E-state index in [9.17, 15) is 23.1 Å². The number of hydrogen-bond donors (Lipinski definition) is 2. The predicted molar refractivity (Wildman–Crippen MR) is 92.8 cm³/mol. The summed E-state index contributed by atoms with van der Waals surface area (Å²) in [5.41, 5.74) is -0.601. The summed E-state index contributed by atoms with van der Waals surface area (Å²) in [7, 11) is -3.61. The van der Waals surface area contributed by atoms with Gasteiger partial charge in [0.05, 0.1) is 10.3 Å². The predicted octanol–water partition coefficient (Wildman–Crippen LogP) is 1.70. The van der Waals surface area contributed by atoms with Crippen molar-refractivity contribution in [1.82, 2.24) is 9.62 Å². The molecule has 0 bridgehead atoms. The highest BCUT2D eigenvalue weighted by molar-refractivity contribution is 7.89. The summed E-state index contributed by atoms with van der Waals surface area (Å²) in [6.07, 6.45) is 1.16. The molecule has 1 aromatic carbocycles. The van der Waals surface area contributed by atoms with Crippen molar-refractivity contribution < 1.29 is 23.1 Å². The molecule has 8 heteroatoms. The van der Waals surface area contributed by atoms with Crippen LogP contribution in [0.1, 0.15) is 44.0 Å². The van der Waals surface area contributed by atoms with Crippen LogP contribution in [0, 0.1) is 5.41 Å². The summed E-state index contributed by atoms with van der Waals surface area (Å²) in [5.74, 6) is -1.20. The van der Waals surface area contributed by atoms with Crippen molar-refractivity contribution in [3.8, 4) is 0 Å². The molecule has 1 atom stereocenters. The summed E-state index contributed by atoms with van der Waals surface area (Å²) in [5, 5.41) is 9.35. The van der Waals surface area contributed by atoms with Gasteiger partial charge in [-0.3, -0.25) is 9.59 Å². The van der Waals surface area contributed by atoms with E-state index in [1.54, 1.807) is 20.8 Å². The zero-order valence-corrected chi connectivity index (χ0v) is 15.5. The Kier molecular flexibility index (Phi) is 5.53. The van der Waals surface area contributed by atoms with E-state index in [1.165, 1.54) is 29.2 Å². The molecule has 1 aromatic rings. The maximum absolute atomic E-state index is 12.6. The molecule has 0 aromatic heterocycles. The van der Waals surface area contributed by atoms with Crippen LogP contribution in [-0.2, 0) is 14.8 Å². The summed E-state index contributed by atoms with van der Waals surface area (Å²) >= 11 is 0. The van der Waals surface area contributed by atoms with Gasteiger partial charge in [0.25, 0.3) is 5.91 Å². The molecule has 138 valence electrons. The Morgan fingerprint density at radius 2 is 1.84 bits per heavy atom. The van der Waals surface area contributed by atoms with Crippen LogP contribution in [0.15, 0.2) is 29.2 Å². The standard InChI is InChI=1S/C17H24N2O5S/c1-12(2)18-25(23,24)14-7-5-13(6-8-14)15(20)19-10-4-9-17(3,11-19)16(21)22/h5-8,12,18H,4,9-11H2,1-3H3,(H,21,22). The third-order valence-corrected chi connectivity index (χ3v) is 5.98. The second kappa shape index (κ2) is 7.13. The van der Waals surface area contributed by atoms with Crippen molar-refractivity contribution in [3.05, 3.63) is 29.8 Å². The molecule has 1 aliphatic rings. The van der Waals surface area contributed by atoms with E-state index in [-0.39, 0.29) is 23.4 Å². The fraction of sp³-hybridized carbons (Fsp3) is 0.529. The molecule has 0 radical (unpaired) electrons. The van der Waals surface area contributed by atoms with Crippen molar-refractivity contribution in [2.24, 2.45) is 5.41 Å². The van der Waals surface area contributed by atoms with Gasteiger partial charge in [-0.1, -0.05) is 0 Å². The molecule has 1 heterocycles. The maximum Gasteiger partial charge on any atom is 0.311 e. The highest BCUT2D eigenvalue weighted by atomic mass is 32.2. The van der Waals surface area contributed by atoms with Crippen molar-refractivity contribution >= 4 is 21.9 Å². The van der Waals surface area contributed by atoms with Crippen molar-refractivity contribution in [3.63, 3.8) is 0 Å². The minimum atomic E-state index is -3.61. The minimum Gasteiger partial charge on any atom is -0.481 e. The molecule has 1 aliphatic heterocycles. The zero-order chi connectivity index (χ0) is 18.8. The number of carboxylic acid groups (broad SMARTS) is 1. The average molecular weight is 368 g/mol. The lowest BCUT2D eigenvalue weighted by molar-refractivity contribution is -0.150. The van der Waals surface area contributed by atoms with Gasteiger partial charge in [0.15, 0.2) is 0 Å². The molecule has 7 nitrogen and oxygen atoms in total. The van der Waals surface area contributed by atoms with E-state index in [0.717, 1.165) is 0 Å². The summed E-state index contributed by atoms with van der Waals surface area (Å²) < 4.78 is 26.7. The van der Waals surface area contributed by atoms with E-state index >= 15 is 0 Å². The van der Waals surface area contributed by atoms with Gasteiger partial charge in [0, 0.05) is 24.7 Å². The lowest BCUT2D eigenvalue weighted by Crippen LogP contribution is -2.48. The van der Waals surface area contributed by atoms with Gasteiger partial charge < -0.3 is 10.0 Å². The topological polar surface area (TPSA) is 104 Å². The third-order valence-electron chi connectivity index (χ3n) is 4.30. The van der Waals surface area contributed by atoms with Crippen LogP contribution in [0.4, 0.5) is 0 Å². The molecular weight excluding hydrogens is 344 g/mol. The molecular formula is C17H24N2O5S. The molecule has 0 spiro atoms. The molecule has 0 aliphatic carbocycles. The third kappa shape index (κ3) is 4.38. The molecule has 1 unspecified atom stereocenters. The second-order valence-electron chi connectivity index (χ2n) is 7.00. The maximum atomic E-state index is 12.6. The Morgan fingerprint density at radius 1 is 1.24 bits per heavy atom. The summed E-state index contributed by atoms with van der Waals surface area (Å²) in [6, 6.07) is 5.47. The van der Waals surface area contributed by atoms with Gasteiger partial charge in [-0.2, -0.15) is 0 Å². The van der Waals surface area contributed by atoms with Crippen LogP contribution in [0.5, 0.6) is 0 Å². The van der Waals surface area contributed by atoms with Gasteiger partial charge in [-0.25, -0.2) is 13.1 Å². The number of benzene rings is 1. The number of sulfonamides is 1. The van der Waals surface area contributed by atoms with Crippen molar-refractivity contribution in [2.45, 2.75) is 44.6 Å². The number of aliphatic carboxylic acids is 1. The van der Waals surface area contributed by atoms with Crippen molar-refractivity contribution in [2.75, 3.05) is 13.1 Å². The van der Waals surface area contributed by atoms with Crippen LogP contribution in [0.3, 0.4) is 0 Å².